The molecule has 4 aliphatic rings. The highest BCUT2D eigenvalue weighted by atomic mass is 16.2. The van der Waals surface area contributed by atoms with Crippen molar-refractivity contribution in [2.45, 2.75) is 51.9 Å². The van der Waals surface area contributed by atoms with Crippen LogP contribution in [0.4, 0.5) is 0 Å². The van der Waals surface area contributed by atoms with Gasteiger partial charge in [-0.1, -0.05) is 6.42 Å². The lowest BCUT2D eigenvalue weighted by atomic mass is 9.75. The van der Waals surface area contributed by atoms with Gasteiger partial charge in [-0.2, -0.15) is 0 Å². The minimum atomic E-state index is -0.260. The summed E-state index contributed by atoms with van der Waals surface area (Å²) >= 11 is 0. The first-order chi connectivity index (χ1) is 11.6. The standard InChI is InChI=1S/C19H28N2O3/c1-2-21-18(23)15-6-5-13(9-16(15)19(21)24)17(22)20-10-14-8-11-3-4-12(14)7-11/h11-16H,2-10H2,1H3,(H,20,22). The van der Waals surface area contributed by atoms with E-state index in [1.165, 1.54) is 30.6 Å². The number of hydrogen-bond acceptors (Lipinski definition) is 3. The van der Waals surface area contributed by atoms with Gasteiger partial charge in [-0.15, -0.1) is 0 Å². The number of fused-ring (bicyclic) bond motifs is 3. The van der Waals surface area contributed by atoms with Crippen LogP contribution in [0.3, 0.4) is 0 Å². The molecule has 6 atom stereocenters. The van der Waals surface area contributed by atoms with Crippen LogP contribution < -0.4 is 5.32 Å². The smallest absolute Gasteiger partial charge is 0.233 e. The molecule has 3 saturated carbocycles. The van der Waals surface area contributed by atoms with Crippen molar-refractivity contribution in [1.29, 1.82) is 0 Å². The quantitative estimate of drug-likeness (QED) is 0.800. The van der Waals surface area contributed by atoms with E-state index in [-0.39, 0.29) is 35.5 Å². The number of amides is 3. The molecule has 4 rings (SSSR count). The van der Waals surface area contributed by atoms with Crippen molar-refractivity contribution in [2.24, 2.45) is 35.5 Å². The van der Waals surface area contributed by atoms with Gasteiger partial charge in [0.1, 0.15) is 0 Å². The normalized spacial score (nSPS) is 41.0. The van der Waals surface area contributed by atoms with Crippen molar-refractivity contribution in [1.82, 2.24) is 10.2 Å². The molecule has 3 amide bonds. The average molecular weight is 332 g/mol. The largest absolute Gasteiger partial charge is 0.356 e. The van der Waals surface area contributed by atoms with E-state index in [9.17, 15) is 14.4 Å². The molecule has 1 aliphatic heterocycles. The minimum absolute atomic E-state index is 0.0201. The van der Waals surface area contributed by atoms with Crippen molar-refractivity contribution in [3.05, 3.63) is 0 Å². The van der Waals surface area contributed by atoms with Gasteiger partial charge in [-0.05, 0) is 63.2 Å². The minimum Gasteiger partial charge on any atom is -0.356 e. The van der Waals surface area contributed by atoms with Crippen molar-refractivity contribution >= 4 is 17.7 Å². The Hall–Kier alpha value is -1.39. The monoisotopic (exact) mass is 332 g/mol. The second-order valence-electron chi connectivity index (χ2n) is 8.32. The number of carbonyl (C=O) groups is 3. The molecule has 24 heavy (non-hydrogen) atoms. The van der Waals surface area contributed by atoms with E-state index in [1.807, 2.05) is 6.92 Å². The van der Waals surface area contributed by atoms with Crippen LogP contribution in [0.1, 0.15) is 51.9 Å². The molecule has 1 heterocycles. The van der Waals surface area contributed by atoms with Crippen LogP contribution >= 0.6 is 0 Å². The Labute approximate surface area is 143 Å². The van der Waals surface area contributed by atoms with Gasteiger partial charge in [-0.3, -0.25) is 19.3 Å². The molecular formula is C19H28N2O3. The van der Waals surface area contributed by atoms with E-state index < -0.39 is 0 Å². The van der Waals surface area contributed by atoms with Gasteiger partial charge >= 0.3 is 0 Å². The van der Waals surface area contributed by atoms with Gasteiger partial charge in [0.2, 0.25) is 17.7 Å². The molecule has 3 aliphatic carbocycles. The molecule has 0 aromatic rings. The van der Waals surface area contributed by atoms with Crippen LogP contribution in [-0.4, -0.2) is 35.7 Å². The third kappa shape index (κ3) is 2.56. The van der Waals surface area contributed by atoms with Gasteiger partial charge < -0.3 is 5.32 Å². The number of rotatable bonds is 4. The molecule has 1 N–H and O–H groups in total. The molecule has 0 spiro atoms. The van der Waals surface area contributed by atoms with Gasteiger partial charge in [0, 0.05) is 19.0 Å². The number of hydrogen-bond donors (Lipinski definition) is 1. The summed E-state index contributed by atoms with van der Waals surface area (Å²) < 4.78 is 0. The third-order valence-electron chi connectivity index (χ3n) is 7.13. The maximum Gasteiger partial charge on any atom is 0.233 e. The van der Waals surface area contributed by atoms with Gasteiger partial charge in [-0.25, -0.2) is 0 Å². The number of nitrogens with one attached hydrogen (secondary N) is 1. The fourth-order valence-electron chi connectivity index (χ4n) is 5.80. The van der Waals surface area contributed by atoms with Crippen molar-refractivity contribution in [3.63, 3.8) is 0 Å². The molecule has 2 bridgehead atoms. The predicted molar refractivity (Wildman–Crippen MR) is 88.7 cm³/mol. The molecule has 4 fully saturated rings. The van der Waals surface area contributed by atoms with Gasteiger partial charge in [0.25, 0.3) is 0 Å². The Morgan fingerprint density at radius 3 is 2.50 bits per heavy atom. The zero-order valence-electron chi connectivity index (χ0n) is 14.5. The number of nitrogens with zero attached hydrogens (tertiary/aromatic N) is 1. The lowest BCUT2D eigenvalue weighted by Gasteiger charge is -2.29. The number of carbonyl (C=O) groups excluding carboxylic acids is 3. The average Bonchev–Trinajstić information content (AvgIpc) is 3.27. The summed E-state index contributed by atoms with van der Waals surface area (Å²) in [6, 6.07) is 0. The van der Waals surface area contributed by atoms with E-state index in [1.54, 1.807) is 0 Å². The summed E-state index contributed by atoms with van der Waals surface area (Å²) in [7, 11) is 0. The summed E-state index contributed by atoms with van der Waals surface area (Å²) in [5.41, 5.74) is 0. The summed E-state index contributed by atoms with van der Waals surface area (Å²) in [6.45, 7) is 3.09. The van der Waals surface area contributed by atoms with E-state index in [0.29, 0.717) is 25.3 Å². The highest BCUT2D eigenvalue weighted by Crippen LogP contribution is 2.48. The van der Waals surface area contributed by atoms with E-state index in [4.69, 9.17) is 0 Å². The highest BCUT2D eigenvalue weighted by Gasteiger charge is 2.50. The molecule has 1 saturated heterocycles. The zero-order chi connectivity index (χ0) is 16.8. The molecule has 132 valence electrons. The van der Waals surface area contributed by atoms with Crippen LogP contribution in [0.2, 0.25) is 0 Å². The van der Waals surface area contributed by atoms with Crippen LogP contribution in [0.25, 0.3) is 0 Å². The molecular weight excluding hydrogens is 304 g/mol. The molecule has 0 aromatic heterocycles. The first kappa shape index (κ1) is 16.1. The number of likely N-dealkylation sites (tertiary alicyclic amines) is 1. The second-order valence-corrected chi connectivity index (χ2v) is 8.32. The van der Waals surface area contributed by atoms with Gasteiger partial charge in [0.05, 0.1) is 11.8 Å². The summed E-state index contributed by atoms with van der Waals surface area (Å²) in [5, 5.41) is 3.16. The summed E-state index contributed by atoms with van der Waals surface area (Å²) in [4.78, 5) is 38.6. The fourth-order valence-corrected chi connectivity index (χ4v) is 5.80. The van der Waals surface area contributed by atoms with Crippen LogP contribution in [0.5, 0.6) is 0 Å². The van der Waals surface area contributed by atoms with E-state index >= 15 is 0 Å². The highest BCUT2D eigenvalue weighted by molar-refractivity contribution is 6.05. The third-order valence-corrected chi connectivity index (χ3v) is 7.13. The van der Waals surface area contributed by atoms with Crippen LogP contribution in [0.15, 0.2) is 0 Å². The first-order valence-corrected chi connectivity index (χ1v) is 9.71. The van der Waals surface area contributed by atoms with Gasteiger partial charge in [0.15, 0.2) is 0 Å². The Bertz CT molecular complexity index is 561. The number of imide groups is 1. The van der Waals surface area contributed by atoms with Crippen LogP contribution in [-0.2, 0) is 14.4 Å². The lowest BCUT2D eigenvalue weighted by molar-refractivity contribution is -0.139. The van der Waals surface area contributed by atoms with Crippen LogP contribution in [0, 0.1) is 35.5 Å². The SMILES string of the molecule is CCN1C(=O)C2CCC(C(=O)NCC3CC4CCC3C4)CC2C1=O. The second kappa shape index (κ2) is 6.16. The molecule has 0 radical (unpaired) electrons. The predicted octanol–water partition coefficient (Wildman–Crippen LogP) is 1.96. The maximum absolute atomic E-state index is 12.6. The molecule has 5 heteroatoms. The Kier molecular flexibility index (Phi) is 4.13. The van der Waals surface area contributed by atoms with Crippen molar-refractivity contribution < 1.29 is 14.4 Å². The van der Waals surface area contributed by atoms with E-state index in [0.717, 1.165) is 24.8 Å². The Morgan fingerprint density at radius 1 is 1.04 bits per heavy atom. The maximum atomic E-state index is 12.6. The molecule has 6 unspecified atom stereocenters. The van der Waals surface area contributed by atoms with Crippen molar-refractivity contribution in [2.75, 3.05) is 13.1 Å². The van der Waals surface area contributed by atoms with Crippen molar-refractivity contribution in [3.8, 4) is 0 Å². The first-order valence-electron chi connectivity index (χ1n) is 9.71. The topological polar surface area (TPSA) is 66.5 Å². The lowest BCUT2D eigenvalue weighted by Crippen LogP contribution is -2.39. The summed E-state index contributed by atoms with van der Waals surface area (Å²) in [6.07, 6.45) is 7.31. The molecule has 0 aromatic carbocycles. The fraction of sp³-hybridized carbons (Fsp3) is 0.842. The Morgan fingerprint density at radius 2 is 1.83 bits per heavy atom. The Balaban J connectivity index is 1.32. The molecule has 5 nitrogen and oxygen atoms in total. The summed E-state index contributed by atoms with van der Waals surface area (Å²) in [5.74, 6) is 1.87. The van der Waals surface area contributed by atoms with E-state index in [2.05, 4.69) is 5.32 Å². The zero-order valence-corrected chi connectivity index (χ0v) is 14.5.